The summed E-state index contributed by atoms with van der Waals surface area (Å²) < 4.78 is 0. The lowest BCUT2D eigenvalue weighted by Gasteiger charge is -2.28. The second kappa shape index (κ2) is 10.8. The van der Waals surface area contributed by atoms with Crippen LogP contribution in [0.1, 0.15) is 25.0 Å². The van der Waals surface area contributed by atoms with Crippen molar-refractivity contribution in [1.82, 2.24) is 0 Å². The first-order chi connectivity index (χ1) is 25.5. The van der Waals surface area contributed by atoms with Crippen molar-refractivity contribution in [2.24, 2.45) is 0 Å². The van der Waals surface area contributed by atoms with Crippen LogP contribution in [-0.4, -0.2) is 0 Å². The molecule has 0 saturated carbocycles. The second-order valence-electron chi connectivity index (χ2n) is 14.9. The van der Waals surface area contributed by atoms with Crippen molar-refractivity contribution in [2.75, 3.05) is 4.90 Å². The maximum atomic E-state index is 2.44. The lowest BCUT2D eigenvalue weighted by Crippen LogP contribution is -2.16. The molecule has 0 aromatic heterocycles. The largest absolute Gasteiger partial charge is 0.310 e. The van der Waals surface area contributed by atoms with Crippen LogP contribution in [0.4, 0.5) is 17.1 Å². The van der Waals surface area contributed by atoms with Gasteiger partial charge in [-0.2, -0.15) is 0 Å². The van der Waals surface area contributed by atoms with Crippen LogP contribution >= 0.6 is 0 Å². The molecule has 0 saturated heterocycles. The minimum atomic E-state index is -0.0903. The zero-order valence-electron chi connectivity index (χ0n) is 29.2. The summed E-state index contributed by atoms with van der Waals surface area (Å²) in [4.78, 5) is 2.44. The zero-order valence-corrected chi connectivity index (χ0v) is 29.2. The molecular formula is C51H35N. The lowest BCUT2D eigenvalue weighted by molar-refractivity contribution is 0.660. The highest BCUT2D eigenvalue weighted by Gasteiger charge is 2.36. The van der Waals surface area contributed by atoms with Crippen molar-refractivity contribution in [3.8, 4) is 44.5 Å². The summed E-state index contributed by atoms with van der Waals surface area (Å²) >= 11 is 0. The SMILES string of the molecule is CC1(C)c2ccccc2-c2ccc(N(c3ccc(-c4ccc5ccc6ccccc6c5c4)cc3)c3ccc4c(c3)-c3cccc5cccc-4c35)cc21. The van der Waals surface area contributed by atoms with Gasteiger partial charge in [-0.05, 0) is 130 Å². The monoisotopic (exact) mass is 661 g/mol. The second-order valence-corrected chi connectivity index (χ2v) is 14.9. The number of hydrogen-bond acceptors (Lipinski definition) is 1. The van der Waals surface area contributed by atoms with Crippen LogP contribution in [0.2, 0.25) is 0 Å². The Labute approximate surface area is 304 Å². The third-order valence-electron chi connectivity index (χ3n) is 11.8. The van der Waals surface area contributed by atoms with Gasteiger partial charge in [0.2, 0.25) is 0 Å². The van der Waals surface area contributed by atoms with Crippen molar-refractivity contribution >= 4 is 49.4 Å². The van der Waals surface area contributed by atoms with Crippen molar-refractivity contribution < 1.29 is 0 Å². The van der Waals surface area contributed by atoms with Gasteiger partial charge in [0.15, 0.2) is 0 Å². The molecule has 0 fully saturated rings. The van der Waals surface area contributed by atoms with E-state index in [0.717, 1.165) is 11.4 Å². The first-order valence-electron chi connectivity index (χ1n) is 18.3. The molecule has 1 nitrogen and oxygen atoms in total. The maximum Gasteiger partial charge on any atom is 0.0468 e. The highest BCUT2D eigenvalue weighted by Crippen LogP contribution is 2.52. The number of nitrogens with zero attached hydrogens (tertiary/aromatic N) is 1. The molecule has 1 heteroatoms. The Morgan fingerprint density at radius 1 is 0.346 bits per heavy atom. The Morgan fingerprint density at radius 3 is 1.75 bits per heavy atom. The van der Waals surface area contributed by atoms with Gasteiger partial charge in [0.05, 0.1) is 0 Å². The van der Waals surface area contributed by atoms with Gasteiger partial charge in [0.25, 0.3) is 0 Å². The van der Waals surface area contributed by atoms with Gasteiger partial charge in [0.1, 0.15) is 0 Å². The van der Waals surface area contributed by atoms with E-state index < -0.39 is 0 Å². The molecule has 0 unspecified atom stereocenters. The Balaban J connectivity index is 1.07. The van der Waals surface area contributed by atoms with Gasteiger partial charge in [-0.3, -0.25) is 0 Å². The fourth-order valence-corrected chi connectivity index (χ4v) is 9.18. The predicted molar refractivity (Wildman–Crippen MR) is 221 cm³/mol. The smallest absolute Gasteiger partial charge is 0.0468 e. The third-order valence-corrected chi connectivity index (χ3v) is 11.8. The van der Waals surface area contributed by atoms with E-state index in [4.69, 9.17) is 0 Å². The first-order valence-corrected chi connectivity index (χ1v) is 18.3. The van der Waals surface area contributed by atoms with Crippen LogP contribution < -0.4 is 4.90 Å². The predicted octanol–water partition coefficient (Wildman–Crippen LogP) is 14.2. The van der Waals surface area contributed by atoms with E-state index in [-0.39, 0.29) is 5.41 Å². The van der Waals surface area contributed by atoms with Gasteiger partial charge in [-0.15, -0.1) is 0 Å². The Bertz CT molecular complexity index is 2920. The molecule has 2 aliphatic carbocycles. The summed E-state index contributed by atoms with van der Waals surface area (Å²) in [6, 6.07) is 65.5. The molecule has 0 heterocycles. The zero-order chi connectivity index (χ0) is 34.6. The van der Waals surface area contributed by atoms with Crippen LogP contribution in [-0.2, 0) is 5.41 Å². The van der Waals surface area contributed by atoms with Crippen LogP contribution in [0.3, 0.4) is 0 Å². The minimum Gasteiger partial charge on any atom is -0.310 e. The average Bonchev–Trinajstić information content (AvgIpc) is 3.64. The molecular weight excluding hydrogens is 627 g/mol. The van der Waals surface area contributed by atoms with E-state index in [2.05, 4.69) is 195 Å². The van der Waals surface area contributed by atoms with E-state index in [9.17, 15) is 0 Å². The van der Waals surface area contributed by atoms with Crippen molar-refractivity contribution in [1.29, 1.82) is 0 Å². The van der Waals surface area contributed by atoms with Crippen LogP contribution in [0, 0.1) is 0 Å². The summed E-state index contributed by atoms with van der Waals surface area (Å²) in [5.41, 5.74) is 16.5. The van der Waals surface area contributed by atoms with Crippen LogP contribution in [0.25, 0.3) is 76.8 Å². The quantitative estimate of drug-likeness (QED) is 0.170. The van der Waals surface area contributed by atoms with Crippen molar-refractivity contribution in [2.45, 2.75) is 19.3 Å². The summed E-state index contributed by atoms with van der Waals surface area (Å²) in [5, 5.41) is 7.77. The van der Waals surface area contributed by atoms with E-state index in [1.807, 2.05) is 0 Å². The summed E-state index contributed by atoms with van der Waals surface area (Å²) in [6.07, 6.45) is 0. The maximum absolute atomic E-state index is 2.44. The molecule has 0 bridgehead atoms. The van der Waals surface area contributed by atoms with Gasteiger partial charge >= 0.3 is 0 Å². The molecule has 52 heavy (non-hydrogen) atoms. The minimum absolute atomic E-state index is 0.0903. The van der Waals surface area contributed by atoms with Crippen LogP contribution in [0.15, 0.2) is 176 Å². The van der Waals surface area contributed by atoms with E-state index in [1.54, 1.807) is 0 Å². The normalized spacial score (nSPS) is 13.3. The van der Waals surface area contributed by atoms with E-state index in [1.165, 1.54) is 93.6 Å². The Hall–Kier alpha value is -6.44. The van der Waals surface area contributed by atoms with Gasteiger partial charge in [-0.1, -0.05) is 147 Å². The molecule has 244 valence electrons. The summed E-state index contributed by atoms with van der Waals surface area (Å²) in [6.45, 7) is 4.72. The van der Waals surface area contributed by atoms with E-state index >= 15 is 0 Å². The fraction of sp³-hybridized carbons (Fsp3) is 0.0588. The molecule has 2 aliphatic rings. The molecule has 0 N–H and O–H groups in total. The highest BCUT2D eigenvalue weighted by molar-refractivity contribution is 6.16. The molecule has 11 rings (SSSR count). The van der Waals surface area contributed by atoms with Crippen LogP contribution in [0.5, 0.6) is 0 Å². The number of rotatable bonds is 4. The molecule has 0 aliphatic heterocycles. The molecule has 9 aromatic carbocycles. The number of fused-ring (bicyclic) bond motifs is 9. The summed E-state index contributed by atoms with van der Waals surface area (Å²) in [5.74, 6) is 0. The lowest BCUT2D eigenvalue weighted by atomic mass is 9.82. The molecule has 9 aromatic rings. The van der Waals surface area contributed by atoms with Gasteiger partial charge in [0, 0.05) is 22.5 Å². The van der Waals surface area contributed by atoms with Gasteiger partial charge < -0.3 is 4.90 Å². The number of hydrogen-bond donors (Lipinski definition) is 0. The number of benzene rings is 9. The molecule has 0 amide bonds. The molecule has 0 atom stereocenters. The molecule has 0 spiro atoms. The first kappa shape index (κ1) is 29.3. The highest BCUT2D eigenvalue weighted by atomic mass is 15.1. The topological polar surface area (TPSA) is 3.24 Å². The molecule has 0 radical (unpaired) electrons. The van der Waals surface area contributed by atoms with Crippen molar-refractivity contribution in [3.05, 3.63) is 187 Å². The Morgan fingerprint density at radius 2 is 0.923 bits per heavy atom. The summed E-state index contributed by atoms with van der Waals surface area (Å²) in [7, 11) is 0. The standard InChI is InChI=1S/C51H35N/c1-51(2)48-16-6-5-13-42(48)43-28-26-39(31-49(43)51)52(38-25-27-41-44-14-7-10-35-11-8-15-45(50(35)44)47(41)30-38)37-23-21-32(22-24-37)36-20-19-34-18-17-33-9-3-4-12-40(33)46(34)29-36/h3-31H,1-2H3. The van der Waals surface area contributed by atoms with Gasteiger partial charge in [-0.25, -0.2) is 0 Å². The third kappa shape index (κ3) is 4.17. The Kier molecular flexibility index (Phi) is 6.08. The average molecular weight is 662 g/mol. The number of anilines is 3. The fourth-order valence-electron chi connectivity index (χ4n) is 9.18. The van der Waals surface area contributed by atoms with Crippen molar-refractivity contribution in [3.63, 3.8) is 0 Å². The van der Waals surface area contributed by atoms with E-state index in [0.29, 0.717) is 0 Å².